The number of anilines is 2. The highest BCUT2D eigenvalue weighted by atomic mass is 16.7. The summed E-state index contributed by atoms with van der Waals surface area (Å²) in [4.78, 5) is 25.3. The van der Waals surface area contributed by atoms with Crippen molar-refractivity contribution < 1.29 is 19.5 Å². The molecule has 0 radical (unpaired) electrons. The third-order valence-corrected chi connectivity index (χ3v) is 7.30. The largest absolute Gasteiger partial charge is 0.484 e. The minimum atomic E-state index is -0.659. The van der Waals surface area contributed by atoms with Crippen molar-refractivity contribution in [3.63, 3.8) is 0 Å². The average Bonchev–Trinajstić information content (AvgIpc) is 3.56. The van der Waals surface area contributed by atoms with Gasteiger partial charge in [0, 0.05) is 55.5 Å². The highest BCUT2D eigenvalue weighted by Gasteiger charge is 2.40. The Morgan fingerprint density at radius 1 is 1.32 bits per heavy atom. The number of nitrogens with one attached hydrogen (secondary N) is 2. The molecule has 10 heteroatoms. The first-order chi connectivity index (χ1) is 16.5. The number of benzene rings is 1. The molecule has 2 aromatic heterocycles. The number of aliphatic hydroxyl groups excluding tert-OH is 1. The highest BCUT2D eigenvalue weighted by Crippen LogP contribution is 2.44. The van der Waals surface area contributed by atoms with Gasteiger partial charge in [0.25, 0.3) is 5.91 Å². The topological polar surface area (TPSA) is 113 Å². The Labute approximate surface area is 196 Å². The van der Waals surface area contributed by atoms with Crippen molar-refractivity contribution >= 4 is 22.9 Å². The summed E-state index contributed by atoms with van der Waals surface area (Å²) in [5, 5.41) is 17.2. The lowest BCUT2D eigenvalue weighted by Crippen LogP contribution is -2.42. The SMILES string of the molecule is CC1(CO)Cc2cc(NC(=O)c3cnn4cccnc34)c(N3CCC4(CC3)CNOC4)cc2O1. The fourth-order valence-electron chi connectivity index (χ4n) is 5.18. The molecule has 2 fully saturated rings. The van der Waals surface area contributed by atoms with Gasteiger partial charge in [0.2, 0.25) is 0 Å². The number of hydrogen-bond donors (Lipinski definition) is 3. The summed E-state index contributed by atoms with van der Waals surface area (Å²) in [6.45, 7) is 5.12. The third kappa shape index (κ3) is 3.58. The van der Waals surface area contributed by atoms with E-state index in [1.807, 2.05) is 19.1 Å². The lowest BCUT2D eigenvalue weighted by Gasteiger charge is -2.39. The minimum Gasteiger partial charge on any atom is -0.484 e. The van der Waals surface area contributed by atoms with Gasteiger partial charge in [-0.25, -0.2) is 15.0 Å². The second kappa shape index (κ2) is 7.93. The molecule has 178 valence electrons. The number of rotatable bonds is 4. The van der Waals surface area contributed by atoms with Crippen LogP contribution in [0.25, 0.3) is 5.65 Å². The average molecular weight is 465 g/mol. The molecule has 1 unspecified atom stereocenters. The van der Waals surface area contributed by atoms with E-state index in [1.54, 1.807) is 23.0 Å². The second-order valence-corrected chi connectivity index (χ2v) is 9.86. The number of piperidine rings is 1. The Morgan fingerprint density at radius 3 is 2.94 bits per heavy atom. The van der Waals surface area contributed by atoms with Crippen molar-refractivity contribution in [2.24, 2.45) is 5.41 Å². The standard InChI is InChI=1S/C24H28N6O4/c1-23(14-31)11-16-9-18(28-22(32)17-12-26-30-6-2-5-25-21(17)30)19(10-20(16)34-23)29-7-3-24(4-8-29)13-27-33-15-24/h2,5-6,9-10,12,27,31H,3-4,7-8,11,13-15H2,1H3,(H,28,32). The molecule has 3 aliphatic rings. The molecule has 0 aliphatic carbocycles. The molecule has 1 aromatic carbocycles. The fraction of sp³-hybridized carbons (Fsp3) is 0.458. The van der Waals surface area contributed by atoms with Crippen LogP contribution in [0.1, 0.15) is 35.7 Å². The van der Waals surface area contributed by atoms with Gasteiger partial charge in [0.1, 0.15) is 16.9 Å². The van der Waals surface area contributed by atoms with Crippen molar-refractivity contribution in [1.29, 1.82) is 0 Å². The number of amides is 1. The molecule has 2 saturated heterocycles. The van der Waals surface area contributed by atoms with Crippen LogP contribution in [0, 0.1) is 5.41 Å². The van der Waals surface area contributed by atoms with Crippen LogP contribution >= 0.6 is 0 Å². The van der Waals surface area contributed by atoms with Gasteiger partial charge in [-0.3, -0.25) is 4.79 Å². The van der Waals surface area contributed by atoms with Crippen LogP contribution in [-0.4, -0.2) is 64.1 Å². The van der Waals surface area contributed by atoms with Gasteiger partial charge in [0.05, 0.1) is 30.8 Å². The minimum absolute atomic E-state index is 0.0774. The van der Waals surface area contributed by atoms with Crippen LogP contribution in [0.2, 0.25) is 0 Å². The molecular weight excluding hydrogens is 436 g/mol. The van der Waals surface area contributed by atoms with Crippen LogP contribution in [0.3, 0.4) is 0 Å². The van der Waals surface area contributed by atoms with E-state index in [0.717, 1.165) is 61.8 Å². The van der Waals surface area contributed by atoms with Gasteiger partial charge in [-0.1, -0.05) is 0 Å². The maximum atomic E-state index is 13.3. The zero-order chi connectivity index (χ0) is 23.3. The summed E-state index contributed by atoms with van der Waals surface area (Å²) in [5.74, 6) is 0.494. The van der Waals surface area contributed by atoms with Crippen LogP contribution in [0.4, 0.5) is 11.4 Å². The van der Waals surface area contributed by atoms with E-state index in [4.69, 9.17) is 9.57 Å². The third-order valence-electron chi connectivity index (χ3n) is 7.30. The van der Waals surface area contributed by atoms with E-state index < -0.39 is 5.60 Å². The van der Waals surface area contributed by atoms with Crippen molar-refractivity contribution in [1.82, 2.24) is 20.1 Å². The van der Waals surface area contributed by atoms with Gasteiger partial charge in [-0.15, -0.1) is 0 Å². The first kappa shape index (κ1) is 21.3. The first-order valence-electron chi connectivity index (χ1n) is 11.6. The summed E-state index contributed by atoms with van der Waals surface area (Å²) in [5.41, 5.74) is 6.06. The lowest BCUT2D eigenvalue weighted by atomic mass is 9.79. The molecule has 1 amide bonds. The molecular formula is C24H28N6O4. The number of fused-ring (bicyclic) bond motifs is 2. The fourth-order valence-corrected chi connectivity index (χ4v) is 5.18. The maximum Gasteiger partial charge on any atom is 0.261 e. The molecule has 0 bridgehead atoms. The number of hydrogen-bond acceptors (Lipinski definition) is 8. The number of aromatic nitrogens is 3. The van der Waals surface area contributed by atoms with Crippen LogP contribution < -0.4 is 20.4 Å². The lowest BCUT2D eigenvalue weighted by molar-refractivity contribution is 0.0447. The quantitative estimate of drug-likeness (QED) is 0.536. The van der Waals surface area contributed by atoms with Gasteiger partial charge in [-0.2, -0.15) is 5.10 Å². The predicted octanol–water partition coefficient (Wildman–Crippen LogP) is 1.79. The molecule has 3 aliphatic heterocycles. The number of nitrogens with zero attached hydrogens (tertiary/aromatic N) is 4. The smallest absolute Gasteiger partial charge is 0.261 e. The predicted molar refractivity (Wildman–Crippen MR) is 125 cm³/mol. The van der Waals surface area contributed by atoms with E-state index in [1.165, 1.54) is 6.20 Å². The summed E-state index contributed by atoms with van der Waals surface area (Å²) >= 11 is 0. The van der Waals surface area contributed by atoms with Crippen molar-refractivity contribution in [3.8, 4) is 5.75 Å². The van der Waals surface area contributed by atoms with Gasteiger partial charge >= 0.3 is 0 Å². The van der Waals surface area contributed by atoms with Gasteiger partial charge < -0.3 is 24.9 Å². The van der Waals surface area contributed by atoms with Crippen molar-refractivity contribution in [2.75, 3.05) is 43.1 Å². The number of carbonyl (C=O) groups is 1. The number of ether oxygens (including phenoxy) is 1. The van der Waals surface area contributed by atoms with E-state index in [2.05, 4.69) is 25.8 Å². The van der Waals surface area contributed by atoms with Crippen LogP contribution in [0.5, 0.6) is 5.75 Å². The van der Waals surface area contributed by atoms with E-state index in [-0.39, 0.29) is 17.9 Å². The van der Waals surface area contributed by atoms with Crippen molar-refractivity contribution in [2.45, 2.75) is 31.8 Å². The molecule has 3 aromatic rings. The Balaban J connectivity index is 1.33. The Hall–Kier alpha value is -3.21. The molecule has 6 rings (SSSR count). The summed E-state index contributed by atoms with van der Waals surface area (Å²) in [6.07, 6.45) is 7.51. The van der Waals surface area contributed by atoms with Crippen molar-refractivity contribution in [3.05, 3.63) is 47.9 Å². The highest BCUT2D eigenvalue weighted by molar-refractivity contribution is 6.09. The summed E-state index contributed by atoms with van der Waals surface area (Å²) < 4.78 is 7.70. The summed E-state index contributed by atoms with van der Waals surface area (Å²) in [6, 6.07) is 5.75. The molecule has 3 N–H and O–H groups in total. The van der Waals surface area contributed by atoms with Crippen LogP contribution in [0.15, 0.2) is 36.8 Å². The van der Waals surface area contributed by atoms with Gasteiger partial charge in [-0.05, 0) is 31.9 Å². The molecule has 5 heterocycles. The Kier molecular flexibility index (Phi) is 4.98. The zero-order valence-corrected chi connectivity index (χ0v) is 19.1. The normalized spacial score (nSPS) is 23.3. The Bertz CT molecular complexity index is 1240. The van der Waals surface area contributed by atoms with E-state index in [9.17, 15) is 9.90 Å². The molecule has 1 atom stereocenters. The number of carbonyl (C=O) groups excluding carboxylic acids is 1. The first-order valence-corrected chi connectivity index (χ1v) is 11.6. The van der Waals surface area contributed by atoms with Gasteiger partial charge in [0.15, 0.2) is 5.65 Å². The summed E-state index contributed by atoms with van der Waals surface area (Å²) in [7, 11) is 0. The molecule has 1 spiro atoms. The van der Waals surface area contributed by atoms with E-state index in [0.29, 0.717) is 17.6 Å². The Morgan fingerprint density at radius 2 is 2.18 bits per heavy atom. The molecule has 34 heavy (non-hydrogen) atoms. The number of aliphatic hydroxyl groups is 1. The maximum absolute atomic E-state index is 13.3. The van der Waals surface area contributed by atoms with Crippen LogP contribution in [-0.2, 0) is 11.3 Å². The molecule has 10 nitrogen and oxygen atoms in total. The number of hydroxylamine groups is 1. The van der Waals surface area contributed by atoms with E-state index >= 15 is 0 Å². The zero-order valence-electron chi connectivity index (χ0n) is 19.1. The molecule has 0 saturated carbocycles. The second-order valence-electron chi connectivity index (χ2n) is 9.86. The monoisotopic (exact) mass is 464 g/mol.